The first-order valence-corrected chi connectivity index (χ1v) is 17.7. The zero-order chi connectivity index (χ0) is 33.8. The number of esters is 1. The Morgan fingerprint density at radius 3 is 2.04 bits per heavy atom. The SMILES string of the molecule is NC(N)=NCCC[C@H](N)C(=O)Oc1ccc(C[C@@H](C(=O)O)N(C(=O)[C@@H]2CCCN2)P(=O)(Cc2ccccc2)Cc2ccccc2)cc1. The molecular weight excluding hydrogens is 619 g/mol. The number of hydrogen-bond donors (Lipinski definition) is 5. The van der Waals surface area contributed by atoms with Crippen LogP contribution in [0.5, 0.6) is 5.75 Å². The topological polar surface area (TPSA) is 203 Å². The second-order valence-electron chi connectivity index (χ2n) is 11.6. The maximum Gasteiger partial charge on any atom is 0.328 e. The molecule has 3 aromatic carbocycles. The molecule has 1 fully saturated rings. The van der Waals surface area contributed by atoms with Crippen molar-refractivity contribution >= 4 is 31.1 Å². The van der Waals surface area contributed by atoms with Crippen molar-refractivity contribution in [1.82, 2.24) is 9.99 Å². The lowest BCUT2D eigenvalue weighted by Gasteiger charge is -2.38. The Morgan fingerprint density at radius 2 is 1.53 bits per heavy atom. The zero-order valence-corrected chi connectivity index (χ0v) is 27.1. The van der Waals surface area contributed by atoms with Crippen molar-refractivity contribution in [2.45, 2.75) is 62.6 Å². The van der Waals surface area contributed by atoms with Gasteiger partial charge in [0, 0.05) is 25.3 Å². The van der Waals surface area contributed by atoms with Crippen LogP contribution >= 0.6 is 7.29 Å². The quantitative estimate of drug-likeness (QED) is 0.0378. The van der Waals surface area contributed by atoms with E-state index in [1.54, 1.807) is 12.1 Å². The van der Waals surface area contributed by atoms with Gasteiger partial charge in [-0.3, -0.25) is 19.0 Å². The van der Waals surface area contributed by atoms with Crippen LogP contribution in [-0.4, -0.2) is 64.8 Å². The molecule has 13 heteroatoms. The van der Waals surface area contributed by atoms with Crippen molar-refractivity contribution in [3.63, 3.8) is 0 Å². The van der Waals surface area contributed by atoms with Gasteiger partial charge < -0.3 is 32.4 Å². The van der Waals surface area contributed by atoms with Gasteiger partial charge in [0.1, 0.15) is 17.8 Å². The van der Waals surface area contributed by atoms with E-state index in [-0.39, 0.29) is 30.5 Å². The third kappa shape index (κ3) is 10.2. The van der Waals surface area contributed by atoms with E-state index in [0.29, 0.717) is 37.9 Å². The number of carboxylic acid groups (broad SMARTS) is 1. The molecule has 0 aliphatic carbocycles. The van der Waals surface area contributed by atoms with E-state index >= 15 is 4.57 Å². The van der Waals surface area contributed by atoms with Gasteiger partial charge in [-0.2, -0.15) is 0 Å². The van der Waals surface area contributed by atoms with Crippen molar-refractivity contribution in [1.29, 1.82) is 0 Å². The number of hydrogen-bond acceptors (Lipinski definition) is 8. The Bertz CT molecular complexity index is 1520. The molecule has 47 heavy (non-hydrogen) atoms. The molecule has 8 N–H and O–H groups in total. The first-order valence-electron chi connectivity index (χ1n) is 15.6. The van der Waals surface area contributed by atoms with Crippen molar-refractivity contribution in [3.05, 3.63) is 102 Å². The number of amides is 1. The van der Waals surface area contributed by atoms with Crippen molar-refractivity contribution < 1.29 is 28.8 Å². The second kappa shape index (κ2) is 16.9. The fourth-order valence-electron chi connectivity index (χ4n) is 5.61. The van der Waals surface area contributed by atoms with Crippen LogP contribution in [0.25, 0.3) is 0 Å². The van der Waals surface area contributed by atoms with Crippen LogP contribution in [0.2, 0.25) is 0 Å². The molecule has 250 valence electrons. The standard InChI is InChI=1S/C34H43N6O6P/c35-28(13-7-20-39-34(36)37)33(44)46-27-17-15-24(16-18-27)21-30(32(42)43)40(31(41)29-14-8-19-38-29)47(45,22-25-9-3-1-4-10-25)23-26-11-5-2-6-12-26/h1-6,9-12,15-18,28-30,38H,7-8,13-14,19-23,35H2,(H,42,43)(H4,36,37,39)/t28-,29-,30-/m0/s1. The van der Waals surface area contributed by atoms with Crippen LogP contribution in [-0.2, 0) is 37.7 Å². The number of carbonyl (C=O) groups is 3. The minimum absolute atomic E-state index is 0.0199. The van der Waals surface area contributed by atoms with Gasteiger partial charge in [-0.1, -0.05) is 72.8 Å². The number of aliphatic carboxylic acids is 1. The number of ether oxygens (including phenoxy) is 1. The van der Waals surface area contributed by atoms with Crippen LogP contribution in [0.1, 0.15) is 42.4 Å². The summed E-state index contributed by atoms with van der Waals surface area (Å²) in [6.07, 6.45) is 2.02. The zero-order valence-electron chi connectivity index (χ0n) is 26.2. The average Bonchev–Trinajstić information content (AvgIpc) is 3.59. The fraction of sp³-hybridized carbons (Fsp3) is 0.353. The summed E-state index contributed by atoms with van der Waals surface area (Å²) in [6, 6.07) is 21.7. The summed E-state index contributed by atoms with van der Waals surface area (Å²) in [5, 5.41) is 13.8. The molecule has 1 heterocycles. The number of aliphatic imine (C=N–C) groups is 1. The Balaban J connectivity index is 1.60. The molecule has 0 bridgehead atoms. The molecule has 0 aromatic heterocycles. The minimum Gasteiger partial charge on any atom is -0.480 e. The first kappa shape index (κ1) is 35.3. The van der Waals surface area contributed by atoms with Crippen LogP contribution in [0.3, 0.4) is 0 Å². The van der Waals surface area contributed by atoms with E-state index in [1.165, 1.54) is 16.8 Å². The maximum atomic E-state index is 15.3. The highest BCUT2D eigenvalue weighted by Gasteiger charge is 2.45. The number of carboxylic acids is 1. The lowest BCUT2D eigenvalue weighted by Crippen LogP contribution is -2.50. The van der Waals surface area contributed by atoms with Crippen molar-refractivity contribution in [2.24, 2.45) is 22.2 Å². The van der Waals surface area contributed by atoms with Crippen molar-refractivity contribution in [2.75, 3.05) is 13.1 Å². The molecule has 3 aromatic rings. The smallest absolute Gasteiger partial charge is 0.328 e. The van der Waals surface area contributed by atoms with Crippen molar-refractivity contribution in [3.8, 4) is 5.75 Å². The van der Waals surface area contributed by atoms with E-state index < -0.39 is 43.3 Å². The summed E-state index contributed by atoms with van der Waals surface area (Å²) < 4.78 is 21.9. The molecule has 1 aliphatic rings. The summed E-state index contributed by atoms with van der Waals surface area (Å²) >= 11 is 0. The molecule has 1 saturated heterocycles. The maximum absolute atomic E-state index is 15.3. The lowest BCUT2D eigenvalue weighted by atomic mass is 10.0. The molecular formula is C34H43N6O6P. The van der Waals surface area contributed by atoms with E-state index in [2.05, 4.69) is 10.3 Å². The Kier molecular flexibility index (Phi) is 12.7. The van der Waals surface area contributed by atoms with E-state index in [9.17, 15) is 19.5 Å². The molecule has 0 unspecified atom stereocenters. The van der Waals surface area contributed by atoms with Gasteiger partial charge >= 0.3 is 11.9 Å². The van der Waals surface area contributed by atoms with E-state index in [1.807, 2.05) is 60.7 Å². The molecule has 1 aliphatic heterocycles. The highest BCUT2D eigenvalue weighted by atomic mass is 31.2. The number of benzene rings is 3. The van der Waals surface area contributed by atoms with Crippen LogP contribution < -0.4 is 27.3 Å². The highest BCUT2D eigenvalue weighted by Crippen LogP contribution is 2.57. The summed E-state index contributed by atoms with van der Waals surface area (Å²) in [5.74, 6) is -2.18. The molecule has 0 spiro atoms. The predicted molar refractivity (Wildman–Crippen MR) is 181 cm³/mol. The molecule has 3 atom stereocenters. The Hall–Kier alpha value is -4.51. The summed E-state index contributed by atoms with van der Waals surface area (Å²) in [7, 11) is -3.73. The van der Waals surface area contributed by atoms with Gasteiger partial charge in [0.2, 0.25) is 5.91 Å². The number of nitrogens with two attached hydrogens (primary N) is 3. The highest BCUT2D eigenvalue weighted by molar-refractivity contribution is 7.60. The summed E-state index contributed by atoms with van der Waals surface area (Å²) in [4.78, 5) is 43.6. The lowest BCUT2D eigenvalue weighted by molar-refractivity contribution is -0.146. The third-order valence-corrected chi connectivity index (χ3v) is 10.9. The van der Waals surface area contributed by atoms with Gasteiger partial charge in [-0.15, -0.1) is 0 Å². The van der Waals surface area contributed by atoms with E-state index in [0.717, 1.165) is 17.5 Å². The molecule has 4 rings (SSSR count). The number of nitrogens with zero attached hydrogens (tertiary/aromatic N) is 2. The molecule has 0 saturated carbocycles. The predicted octanol–water partition coefficient (Wildman–Crippen LogP) is 3.23. The normalized spacial score (nSPS) is 15.7. The molecule has 1 amide bonds. The van der Waals surface area contributed by atoms with Crippen LogP contribution in [0, 0.1) is 0 Å². The van der Waals surface area contributed by atoms with Gasteiger partial charge in [-0.25, -0.2) is 9.59 Å². The number of guanidine groups is 1. The fourth-order valence-corrected chi connectivity index (χ4v) is 8.78. The van der Waals surface area contributed by atoms with Crippen LogP contribution in [0.15, 0.2) is 89.9 Å². The largest absolute Gasteiger partial charge is 0.480 e. The molecule has 12 nitrogen and oxygen atoms in total. The van der Waals surface area contributed by atoms with Crippen LogP contribution in [0.4, 0.5) is 0 Å². The third-order valence-electron chi connectivity index (χ3n) is 7.94. The number of rotatable bonds is 16. The Labute approximate surface area is 274 Å². The van der Waals surface area contributed by atoms with Gasteiger partial charge in [0.05, 0.1) is 6.04 Å². The van der Waals surface area contributed by atoms with E-state index in [4.69, 9.17) is 21.9 Å². The van der Waals surface area contributed by atoms with Gasteiger partial charge in [0.25, 0.3) is 0 Å². The number of nitrogens with one attached hydrogen (secondary N) is 1. The Morgan fingerprint density at radius 1 is 0.936 bits per heavy atom. The minimum atomic E-state index is -3.73. The summed E-state index contributed by atoms with van der Waals surface area (Å²) in [5.41, 5.74) is 18.6. The average molecular weight is 663 g/mol. The summed E-state index contributed by atoms with van der Waals surface area (Å²) in [6.45, 7) is 0.951. The first-order chi connectivity index (χ1) is 22.6. The number of carbonyl (C=O) groups excluding carboxylic acids is 2. The second-order valence-corrected chi connectivity index (χ2v) is 14.4. The van der Waals surface area contributed by atoms with Gasteiger partial charge in [-0.05, 0) is 61.1 Å². The molecule has 0 radical (unpaired) electrons. The monoisotopic (exact) mass is 662 g/mol. The van der Waals surface area contributed by atoms with Gasteiger partial charge in [0.15, 0.2) is 13.3 Å².